The Morgan fingerprint density at radius 3 is 2.14 bits per heavy atom. The van der Waals surface area contributed by atoms with Crippen LogP contribution in [0.25, 0.3) is 0 Å². The first-order valence-corrected chi connectivity index (χ1v) is 16.8. The van der Waals surface area contributed by atoms with Gasteiger partial charge in [0, 0.05) is 23.6 Å². The minimum Gasteiger partial charge on any atom is -0.443 e. The van der Waals surface area contributed by atoms with Crippen LogP contribution >= 0.6 is 23.1 Å². The van der Waals surface area contributed by atoms with E-state index >= 15 is 0 Å². The number of thiazole rings is 1. The van der Waals surface area contributed by atoms with Crippen LogP contribution in [0.2, 0.25) is 0 Å². The quantitative estimate of drug-likeness (QED) is 0.166. The van der Waals surface area contributed by atoms with E-state index in [4.69, 9.17) is 4.74 Å². The molecular formula is C29H51N5O6S2. The molecule has 1 rings (SSSR count). The molecule has 0 aromatic carbocycles. The normalized spacial score (nSPS) is 15.1. The average Bonchev–Trinajstić information content (AvgIpc) is 3.32. The van der Waals surface area contributed by atoms with Gasteiger partial charge in [-0.05, 0) is 43.8 Å². The van der Waals surface area contributed by atoms with Gasteiger partial charge in [-0.1, -0.05) is 48.5 Å². The van der Waals surface area contributed by atoms with Gasteiger partial charge in [0.15, 0.2) is 0 Å². The number of thioether (sulfide) groups is 1. The molecule has 5 atom stereocenters. The first-order chi connectivity index (χ1) is 19.6. The molecular weight excluding hydrogens is 578 g/mol. The van der Waals surface area contributed by atoms with E-state index in [9.17, 15) is 24.3 Å². The highest BCUT2D eigenvalue weighted by Gasteiger charge is 2.31. The minimum absolute atomic E-state index is 0.00449. The highest BCUT2D eigenvalue weighted by molar-refractivity contribution is 7.98. The molecule has 42 heavy (non-hydrogen) atoms. The Balaban J connectivity index is 2.83. The summed E-state index contributed by atoms with van der Waals surface area (Å²) in [6.45, 7) is 15.7. The molecule has 1 aromatic rings. The zero-order chi connectivity index (χ0) is 32.0. The lowest BCUT2D eigenvalue weighted by Crippen LogP contribution is -2.54. The van der Waals surface area contributed by atoms with Crippen molar-refractivity contribution in [3.8, 4) is 0 Å². The summed E-state index contributed by atoms with van der Waals surface area (Å²) < 4.78 is 5.24. The summed E-state index contributed by atoms with van der Waals surface area (Å²) in [5, 5.41) is 25.0. The van der Waals surface area contributed by atoms with E-state index in [1.165, 1.54) is 23.1 Å². The molecule has 0 fully saturated rings. The second kappa shape index (κ2) is 19.0. The Labute approximate surface area is 259 Å². The molecule has 4 amide bonds. The smallest absolute Gasteiger partial charge is 0.408 e. The molecule has 0 radical (unpaired) electrons. The molecule has 0 aliphatic heterocycles. The van der Waals surface area contributed by atoms with Crippen molar-refractivity contribution in [1.29, 1.82) is 0 Å². The average molecular weight is 630 g/mol. The van der Waals surface area contributed by atoms with Gasteiger partial charge in [0.2, 0.25) is 17.7 Å². The standard InChI is InChI=1S/C29H51N5O6S2/c1-16(2)10-22(24(35)11-19(7)26(36)34-25(18(5)6)28(38)30-12-17(3)4)32-27(37)23(15-41-9)33-29(39)40-13-21-14-42-20(8)31-21/h14,16-19,22-25,35H,10-13,15H2,1-9H3,(H,30,38)(H,32,37)(H,33,39)(H,34,36)/t19-,22+,23+,24+,25+/m1/s1. The third-order valence-corrected chi connectivity index (χ3v) is 7.94. The Kier molecular flexibility index (Phi) is 17.0. The van der Waals surface area contributed by atoms with Gasteiger partial charge in [0.1, 0.15) is 18.7 Å². The second-order valence-electron chi connectivity index (χ2n) is 11.9. The van der Waals surface area contributed by atoms with Crippen LogP contribution in [0.4, 0.5) is 4.79 Å². The zero-order valence-electron chi connectivity index (χ0n) is 26.5. The fourth-order valence-electron chi connectivity index (χ4n) is 4.13. The van der Waals surface area contributed by atoms with Crippen LogP contribution in [-0.4, -0.2) is 76.7 Å². The monoisotopic (exact) mass is 629 g/mol. The first-order valence-electron chi connectivity index (χ1n) is 14.5. The number of alkyl carbamates (subject to hydrolysis) is 1. The van der Waals surface area contributed by atoms with Crippen molar-refractivity contribution in [2.45, 2.75) is 99.1 Å². The highest BCUT2D eigenvalue weighted by Crippen LogP contribution is 2.17. The van der Waals surface area contributed by atoms with Crippen molar-refractivity contribution in [2.24, 2.45) is 23.7 Å². The van der Waals surface area contributed by atoms with Crippen LogP contribution in [0.3, 0.4) is 0 Å². The predicted molar refractivity (Wildman–Crippen MR) is 168 cm³/mol. The van der Waals surface area contributed by atoms with Crippen molar-refractivity contribution < 1.29 is 29.0 Å². The van der Waals surface area contributed by atoms with Gasteiger partial charge in [0.05, 0.1) is 22.8 Å². The fourth-order valence-corrected chi connectivity index (χ4v) is 5.29. The highest BCUT2D eigenvalue weighted by atomic mass is 32.2. The number of aliphatic hydroxyl groups is 1. The molecule has 0 aliphatic rings. The molecule has 0 bridgehead atoms. The van der Waals surface area contributed by atoms with E-state index in [2.05, 4.69) is 26.3 Å². The topological polar surface area (TPSA) is 159 Å². The number of aromatic nitrogens is 1. The molecule has 5 N–H and O–H groups in total. The molecule has 0 saturated carbocycles. The zero-order valence-corrected chi connectivity index (χ0v) is 28.1. The number of nitrogens with zero attached hydrogens (tertiary/aromatic N) is 1. The summed E-state index contributed by atoms with van der Waals surface area (Å²) in [7, 11) is 0. The summed E-state index contributed by atoms with van der Waals surface area (Å²) in [5.74, 6) is -1.05. The Bertz CT molecular complexity index is 1000. The van der Waals surface area contributed by atoms with E-state index in [0.29, 0.717) is 24.4 Å². The Morgan fingerprint density at radius 1 is 0.952 bits per heavy atom. The van der Waals surface area contributed by atoms with Gasteiger partial charge in [-0.15, -0.1) is 11.3 Å². The van der Waals surface area contributed by atoms with Crippen molar-refractivity contribution in [2.75, 3.05) is 18.6 Å². The van der Waals surface area contributed by atoms with Crippen LogP contribution in [0.1, 0.15) is 72.0 Å². The largest absolute Gasteiger partial charge is 0.443 e. The summed E-state index contributed by atoms with van der Waals surface area (Å²) in [6, 6.07) is -2.23. The molecule has 1 aromatic heterocycles. The number of hydrogen-bond acceptors (Lipinski definition) is 9. The first kappa shape index (κ1) is 37.6. The van der Waals surface area contributed by atoms with E-state index in [1.54, 1.807) is 12.3 Å². The van der Waals surface area contributed by atoms with E-state index in [-0.39, 0.29) is 42.6 Å². The van der Waals surface area contributed by atoms with Crippen molar-refractivity contribution >= 4 is 46.9 Å². The van der Waals surface area contributed by atoms with E-state index < -0.39 is 42.1 Å². The summed E-state index contributed by atoms with van der Waals surface area (Å²) in [5.41, 5.74) is 0.632. The number of hydrogen-bond donors (Lipinski definition) is 5. The number of carbonyl (C=O) groups is 4. The van der Waals surface area contributed by atoms with Crippen molar-refractivity contribution in [3.63, 3.8) is 0 Å². The number of nitrogens with one attached hydrogen (secondary N) is 4. The van der Waals surface area contributed by atoms with Crippen LogP contribution in [-0.2, 0) is 25.7 Å². The van der Waals surface area contributed by atoms with Gasteiger partial charge in [-0.25, -0.2) is 9.78 Å². The molecule has 0 spiro atoms. The fraction of sp³-hybridized carbons (Fsp3) is 0.759. The minimum atomic E-state index is -1.03. The second-order valence-corrected chi connectivity index (χ2v) is 13.9. The summed E-state index contributed by atoms with van der Waals surface area (Å²) in [4.78, 5) is 55.6. The lowest BCUT2D eigenvalue weighted by Gasteiger charge is -2.30. The number of ether oxygens (including phenoxy) is 1. The molecule has 0 unspecified atom stereocenters. The van der Waals surface area contributed by atoms with Crippen LogP contribution < -0.4 is 21.3 Å². The molecule has 11 nitrogen and oxygen atoms in total. The van der Waals surface area contributed by atoms with Crippen LogP contribution in [0.15, 0.2) is 5.38 Å². The number of rotatable bonds is 18. The molecule has 1 heterocycles. The van der Waals surface area contributed by atoms with E-state index in [0.717, 1.165) is 5.01 Å². The van der Waals surface area contributed by atoms with Gasteiger partial charge < -0.3 is 31.1 Å². The van der Waals surface area contributed by atoms with Crippen molar-refractivity contribution in [1.82, 2.24) is 26.3 Å². The van der Waals surface area contributed by atoms with Gasteiger partial charge in [-0.3, -0.25) is 14.4 Å². The number of aryl methyl sites for hydroxylation is 1. The van der Waals surface area contributed by atoms with Gasteiger partial charge in [-0.2, -0.15) is 11.8 Å². The molecule has 13 heteroatoms. The summed E-state index contributed by atoms with van der Waals surface area (Å²) >= 11 is 2.84. The molecule has 240 valence electrons. The Hall–Kier alpha value is -2.38. The van der Waals surface area contributed by atoms with Gasteiger partial charge >= 0.3 is 6.09 Å². The third-order valence-electron chi connectivity index (χ3n) is 6.45. The van der Waals surface area contributed by atoms with Crippen LogP contribution in [0, 0.1) is 30.6 Å². The maximum atomic E-state index is 13.2. The Morgan fingerprint density at radius 2 is 1.62 bits per heavy atom. The summed E-state index contributed by atoms with van der Waals surface area (Å²) in [6.07, 6.45) is 0.599. The molecule has 0 aliphatic carbocycles. The third kappa shape index (κ3) is 14.2. The number of carbonyl (C=O) groups excluding carboxylic acids is 4. The molecule has 0 saturated heterocycles. The maximum Gasteiger partial charge on any atom is 0.408 e. The van der Waals surface area contributed by atoms with Gasteiger partial charge in [0.25, 0.3) is 0 Å². The predicted octanol–water partition coefficient (Wildman–Crippen LogP) is 3.24. The number of amides is 4. The van der Waals surface area contributed by atoms with Crippen LogP contribution in [0.5, 0.6) is 0 Å². The maximum absolute atomic E-state index is 13.2. The van der Waals surface area contributed by atoms with Crippen molar-refractivity contribution in [3.05, 3.63) is 16.1 Å². The van der Waals surface area contributed by atoms with E-state index in [1.807, 2.05) is 54.7 Å². The lowest BCUT2D eigenvalue weighted by atomic mass is 9.91. The number of aliphatic hydroxyl groups excluding tert-OH is 1. The lowest BCUT2D eigenvalue weighted by molar-refractivity contribution is -0.132. The SMILES string of the molecule is CSC[C@H](NC(=O)OCc1csc(C)n1)C(=O)N[C@@H](CC(C)C)[C@@H](O)C[C@@H](C)C(=O)N[C@H](C(=O)NCC(C)C)C(C)C.